The van der Waals surface area contributed by atoms with Gasteiger partial charge in [-0.2, -0.15) is 0 Å². The van der Waals surface area contributed by atoms with Crippen molar-refractivity contribution < 1.29 is 28.8 Å². The largest absolute Gasteiger partial charge is 0.469 e. The molecule has 8 heteroatoms. The Kier molecular flexibility index (Phi) is 23.9. The third kappa shape index (κ3) is 27.8. The summed E-state index contributed by atoms with van der Waals surface area (Å²) in [7, 11) is -4.59. The van der Waals surface area contributed by atoms with Crippen LogP contribution in [0, 0.1) is 0 Å². The van der Waals surface area contributed by atoms with E-state index in [0.29, 0.717) is 6.42 Å². The molecule has 7 nitrogen and oxygen atoms in total. The highest BCUT2D eigenvalue weighted by molar-refractivity contribution is 7.46. The summed E-state index contributed by atoms with van der Waals surface area (Å²) in [4.78, 5) is 28.9. The maximum absolute atomic E-state index is 11.7. The molecule has 0 aromatic heterocycles. The van der Waals surface area contributed by atoms with Gasteiger partial charge in [-0.15, -0.1) is 0 Å². The smallest absolute Gasteiger partial charge is 0.389 e. The van der Waals surface area contributed by atoms with Gasteiger partial charge in [0.2, 0.25) is 5.91 Å². The second kappa shape index (κ2) is 24.2. The molecular weight excluding hydrogens is 453 g/mol. The van der Waals surface area contributed by atoms with Crippen LogP contribution in [0.25, 0.3) is 0 Å². The van der Waals surface area contributed by atoms with Gasteiger partial charge in [-0.05, 0) is 6.42 Å². The van der Waals surface area contributed by atoms with Crippen LogP contribution in [0.15, 0.2) is 0 Å². The van der Waals surface area contributed by atoms with Crippen molar-refractivity contribution in [2.45, 2.75) is 148 Å². The summed E-state index contributed by atoms with van der Waals surface area (Å²) in [6, 6.07) is 0. The maximum atomic E-state index is 11.7. The van der Waals surface area contributed by atoms with E-state index < -0.39 is 20.5 Å². The standard InChI is InChI=1S/C26H54NO6P/c1-2-3-4-5-6-7-8-9-10-11-12-13-14-15-16-17-18-19-20-21-22-26(29)27-23-25(28)24-33-34(30,31)32/h25,28H,2-24H2,1H3,(H,27,29)(H2,30,31,32). The van der Waals surface area contributed by atoms with Crippen molar-refractivity contribution in [2.75, 3.05) is 13.2 Å². The van der Waals surface area contributed by atoms with E-state index in [9.17, 15) is 14.5 Å². The van der Waals surface area contributed by atoms with Gasteiger partial charge in [-0.3, -0.25) is 9.32 Å². The number of phosphoric ester groups is 1. The number of rotatable bonds is 26. The lowest BCUT2D eigenvalue weighted by atomic mass is 10.0. The van der Waals surface area contributed by atoms with E-state index in [1.807, 2.05) is 0 Å². The lowest BCUT2D eigenvalue weighted by Gasteiger charge is -2.12. The zero-order valence-electron chi connectivity index (χ0n) is 21.9. The molecule has 0 bridgehead atoms. The highest BCUT2D eigenvalue weighted by Crippen LogP contribution is 2.35. The summed E-state index contributed by atoms with van der Waals surface area (Å²) in [5, 5.41) is 12.1. The summed E-state index contributed by atoms with van der Waals surface area (Å²) < 4.78 is 14.7. The lowest BCUT2D eigenvalue weighted by Crippen LogP contribution is -2.34. The van der Waals surface area contributed by atoms with Gasteiger partial charge in [0.1, 0.15) is 0 Å². The Morgan fingerprint density at radius 1 is 0.706 bits per heavy atom. The third-order valence-electron chi connectivity index (χ3n) is 6.23. The average molecular weight is 508 g/mol. The van der Waals surface area contributed by atoms with Crippen LogP contribution in [-0.2, 0) is 13.9 Å². The van der Waals surface area contributed by atoms with E-state index in [2.05, 4.69) is 16.8 Å². The number of unbranched alkanes of at least 4 members (excludes halogenated alkanes) is 19. The number of phosphoric acid groups is 1. The van der Waals surface area contributed by atoms with Crippen LogP contribution in [-0.4, -0.2) is 40.1 Å². The average Bonchev–Trinajstić information content (AvgIpc) is 2.79. The minimum Gasteiger partial charge on any atom is -0.389 e. The molecule has 0 saturated carbocycles. The first-order chi connectivity index (χ1) is 16.3. The second-order valence-corrected chi connectivity index (χ2v) is 11.0. The predicted octanol–water partition coefficient (Wildman–Crippen LogP) is 6.78. The number of amides is 1. The van der Waals surface area contributed by atoms with Gasteiger partial charge < -0.3 is 20.2 Å². The first-order valence-electron chi connectivity index (χ1n) is 14.0. The number of carbonyl (C=O) groups excluding carboxylic acids is 1. The Labute approximate surface area is 209 Å². The van der Waals surface area contributed by atoms with Crippen molar-refractivity contribution in [2.24, 2.45) is 0 Å². The molecule has 0 aliphatic heterocycles. The van der Waals surface area contributed by atoms with Crippen molar-refractivity contribution in [1.82, 2.24) is 5.32 Å². The number of aliphatic hydroxyl groups excluding tert-OH is 1. The molecule has 1 atom stereocenters. The molecule has 1 unspecified atom stereocenters. The Bertz CT molecular complexity index is 500. The van der Waals surface area contributed by atoms with Crippen LogP contribution < -0.4 is 5.32 Å². The monoisotopic (exact) mass is 507 g/mol. The molecule has 0 radical (unpaired) electrons. The minimum absolute atomic E-state index is 0.0714. The van der Waals surface area contributed by atoms with E-state index in [-0.39, 0.29) is 12.5 Å². The van der Waals surface area contributed by atoms with Crippen molar-refractivity contribution >= 4 is 13.7 Å². The molecule has 0 aromatic carbocycles. The fraction of sp³-hybridized carbons (Fsp3) is 0.962. The Morgan fingerprint density at radius 3 is 1.41 bits per heavy atom. The summed E-state index contributed by atoms with van der Waals surface area (Å²) in [5.41, 5.74) is 0. The second-order valence-electron chi connectivity index (χ2n) is 9.71. The first-order valence-corrected chi connectivity index (χ1v) is 15.5. The highest BCUT2D eigenvalue weighted by Gasteiger charge is 2.17. The van der Waals surface area contributed by atoms with Crippen LogP contribution >= 0.6 is 7.82 Å². The van der Waals surface area contributed by atoms with E-state index in [0.717, 1.165) is 19.3 Å². The molecule has 1 amide bonds. The SMILES string of the molecule is CCCCCCCCCCCCCCCCCCCCCCC(=O)NCC(O)COP(=O)(O)O. The van der Waals surface area contributed by atoms with Gasteiger partial charge in [-0.25, -0.2) is 4.57 Å². The topological polar surface area (TPSA) is 116 Å². The Balaban J connectivity index is 3.23. The quantitative estimate of drug-likeness (QED) is 0.0757. The molecule has 0 aromatic rings. The van der Waals surface area contributed by atoms with Crippen molar-refractivity contribution in [1.29, 1.82) is 0 Å². The molecule has 0 aliphatic carbocycles. The molecule has 0 fully saturated rings. The van der Waals surface area contributed by atoms with Crippen LogP contribution in [0.4, 0.5) is 0 Å². The van der Waals surface area contributed by atoms with Gasteiger partial charge in [-0.1, -0.05) is 129 Å². The van der Waals surface area contributed by atoms with Gasteiger partial charge in [0.25, 0.3) is 0 Å². The van der Waals surface area contributed by atoms with Crippen molar-refractivity contribution in [3.05, 3.63) is 0 Å². The molecule has 0 spiro atoms. The lowest BCUT2D eigenvalue weighted by molar-refractivity contribution is -0.121. The number of carbonyl (C=O) groups is 1. The zero-order valence-corrected chi connectivity index (χ0v) is 22.7. The van der Waals surface area contributed by atoms with Gasteiger partial charge in [0.05, 0.1) is 12.7 Å². The van der Waals surface area contributed by atoms with E-state index in [1.165, 1.54) is 109 Å². The number of hydrogen-bond acceptors (Lipinski definition) is 4. The van der Waals surface area contributed by atoms with Gasteiger partial charge in [0.15, 0.2) is 0 Å². The minimum atomic E-state index is -4.59. The van der Waals surface area contributed by atoms with Crippen LogP contribution in [0.1, 0.15) is 142 Å². The Morgan fingerprint density at radius 2 is 1.06 bits per heavy atom. The molecular formula is C26H54NO6P. The molecule has 204 valence electrons. The Hall–Kier alpha value is -0.460. The van der Waals surface area contributed by atoms with Crippen LogP contribution in [0.5, 0.6) is 0 Å². The summed E-state index contributed by atoms with van der Waals surface area (Å²) in [5.74, 6) is -0.155. The summed E-state index contributed by atoms with van der Waals surface area (Å²) in [6.07, 6.45) is 25.7. The molecule has 34 heavy (non-hydrogen) atoms. The number of nitrogens with one attached hydrogen (secondary N) is 1. The zero-order chi connectivity index (χ0) is 25.3. The van der Waals surface area contributed by atoms with E-state index in [4.69, 9.17) is 9.79 Å². The number of aliphatic hydroxyl groups is 1. The van der Waals surface area contributed by atoms with Gasteiger partial charge >= 0.3 is 7.82 Å². The van der Waals surface area contributed by atoms with E-state index >= 15 is 0 Å². The molecule has 4 N–H and O–H groups in total. The fourth-order valence-electron chi connectivity index (χ4n) is 4.10. The maximum Gasteiger partial charge on any atom is 0.469 e. The van der Waals surface area contributed by atoms with E-state index in [1.54, 1.807) is 0 Å². The third-order valence-corrected chi connectivity index (χ3v) is 6.71. The number of hydrogen-bond donors (Lipinski definition) is 4. The van der Waals surface area contributed by atoms with Gasteiger partial charge in [0, 0.05) is 13.0 Å². The fourth-order valence-corrected chi connectivity index (χ4v) is 4.47. The summed E-state index contributed by atoms with van der Waals surface area (Å²) in [6.45, 7) is 1.69. The summed E-state index contributed by atoms with van der Waals surface area (Å²) >= 11 is 0. The van der Waals surface area contributed by atoms with Crippen LogP contribution in [0.3, 0.4) is 0 Å². The van der Waals surface area contributed by atoms with Crippen LogP contribution in [0.2, 0.25) is 0 Å². The van der Waals surface area contributed by atoms with Crippen molar-refractivity contribution in [3.63, 3.8) is 0 Å². The normalized spacial score (nSPS) is 12.7. The van der Waals surface area contributed by atoms with Crippen molar-refractivity contribution in [3.8, 4) is 0 Å². The predicted molar refractivity (Wildman–Crippen MR) is 140 cm³/mol. The molecule has 0 rings (SSSR count). The first kappa shape index (κ1) is 33.5. The molecule has 0 saturated heterocycles. The highest BCUT2D eigenvalue weighted by atomic mass is 31.2. The molecule has 0 heterocycles. The molecule has 0 aliphatic rings.